The molecule has 0 atom stereocenters. The Balaban J connectivity index is 4.58. The second-order valence-electron chi connectivity index (χ2n) is 5.33. The minimum atomic E-state index is -1.07. The Labute approximate surface area is 97.5 Å². The first-order valence-corrected chi connectivity index (χ1v) is 5.33. The summed E-state index contributed by atoms with van der Waals surface area (Å²) in [5.41, 5.74) is -1.41. The smallest absolute Gasteiger partial charge is 0.235 e. The van der Waals surface area contributed by atoms with Crippen molar-refractivity contribution in [2.75, 3.05) is 6.54 Å². The van der Waals surface area contributed by atoms with Crippen molar-refractivity contribution in [1.29, 1.82) is 0 Å². The second kappa shape index (κ2) is 5.14. The van der Waals surface area contributed by atoms with Crippen LogP contribution in [0.3, 0.4) is 0 Å². The van der Waals surface area contributed by atoms with Crippen LogP contribution >= 0.6 is 0 Å². The van der Waals surface area contributed by atoms with Crippen LogP contribution in [-0.2, 0) is 9.59 Å². The van der Waals surface area contributed by atoms with E-state index < -0.39 is 5.41 Å². The first kappa shape index (κ1) is 14.7. The summed E-state index contributed by atoms with van der Waals surface area (Å²) in [4.78, 5) is 23.6. The predicted molar refractivity (Wildman–Crippen MR) is 64.9 cm³/mol. The summed E-state index contributed by atoms with van der Waals surface area (Å²) in [6.07, 6.45) is 1.58. The van der Waals surface area contributed by atoms with E-state index in [9.17, 15) is 9.59 Å². The number of hydrogen-bond acceptors (Lipinski definition) is 2. The highest BCUT2D eigenvalue weighted by Crippen LogP contribution is 2.17. The number of rotatable bonds is 4. The average Bonchev–Trinajstić information content (AvgIpc) is 2.11. The quantitative estimate of drug-likeness (QED) is 0.559. The molecule has 0 heterocycles. The van der Waals surface area contributed by atoms with E-state index in [1.807, 2.05) is 20.8 Å². The van der Waals surface area contributed by atoms with Gasteiger partial charge < -0.3 is 10.6 Å². The van der Waals surface area contributed by atoms with Gasteiger partial charge in [-0.2, -0.15) is 0 Å². The summed E-state index contributed by atoms with van der Waals surface area (Å²) in [5.74, 6) is -0.573. The molecule has 0 fully saturated rings. The zero-order chi connectivity index (χ0) is 13.0. The van der Waals surface area contributed by atoms with Crippen molar-refractivity contribution in [3.05, 3.63) is 12.7 Å². The molecular formula is C12H22N2O2. The maximum absolute atomic E-state index is 11.9. The SMILES string of the molecule is C=CCNC(=O)C(C)(C)C(=O)NC(C)(C)C. The molecule has 0 aromatic heterocycles. The third kappa shape index (κ3) is 4.47. The van der Waals surface area contributed by atoms with Crippen LogP contribution in [0.2, 0.25) is 0 Å². The van der Waals surface area contributed by atoms with Crippen molar-refractivity contribution in [2.24, 2.45) is 5.41 Å². The lowest BCUT2D eigenvalue weighted by Gasteiger charge is -2.28. The van der Waals surface area contributed by atoms with Gasteiger partial charge >= 0.3 is 0 Å². The van der Waals surface area contributed by atoms with E-state index in [0.29, 0.717) is 6.54 Å². The molecule has 0 rings (SSSR count). The zero-order valence-corrected chi connectivity index (χ0v) is 10.8. The van der Waals surface area contributed by atoms with E-state index in [1.54, 1.807) is 19.9 Å². The summed E-state index contributed by atoms with van der Waals surface area (Å²) < 4.78 is 0. The summed E-state index contributed by atoms with van der Waals surface area (Å²) in [6, 6.07) is 0. The van der Waals surface area contributed by atoms with Gasteiger partial charge in [0.15, 0.2) is 0 Å². The largest absolute Gasteiger partial charge is 0.352 e. The monoisotopic (exact) mass is 226 g/mol. The van der Waals surface area contributed by atoms with E-state index in [2.05, 4.69) is 17.2 Å². The van der Waals surface area contributed by atoms with Crippen molar-refractivity contribution >= 4 is 11.8 Å². The summed E-state index contributed by atoms with van der Waals surface area (Å²) in [6.45, 7) is 12.7. The molecular weight excluding hydrogens is 204 g/mol. The Bertz CT molecular complexity index is 288. The molecule has 0 aliphatic carbocycles. The molecule has 0 radical (unpaired) electrons. The van der Waals surface area contributed by atoms with Gasteiger partial charge in [-0.1, -0.05) is 6.08 Å². The van der Waals surface area contributed by atoms with E-state index in [1.165, 1.54) is 0 Å². The summed E-state index contributed by atoms with van der Waals surface area (Å²) in [5, 5.41) is 5.41. The van der Waals surface area contributed by atoms with Gasteiger partial charge in [-0.25, -0.2) is 0 Å². The first-order valence-electron chi connectivity index (χ1n) is 5.33. The van der Waals surface area contributed by atoms with Crippen LogP contribution in [0.15, 0.2) is 12.7 Å². The average molecular weight is 226 g/mol. The van der Waals surface area contributed by atoms with Crippen molar-refractivity contribution in [3.8, 4) is 0 Å². The van der Waals surface area contributed by atoms with Crippen LogP contribution in [0.1, 0.15) is 34.6 Å². The highest BCUT2D eigenvalue weighted by atomic mass is 16.2. The van der Waals surface area contributed by atoms with Crippen molar-refractivity contribution in [2.45, 2.75) is 40.2 Å². The molecule has 4 nitrogen and oxygen atoms in total. The number of hydrogen-bond donors (Lipinski definition) is 2. The molecule has 0 aliphatic rings. The molecule has 0 aromatic rings. The molecule has 0 unspecified atom stereocenters. The fourth-order valence-electron chi connectivity index (χ4n) is 0.986. The van der Waals surface area contributed by atoms with Crippen LogP contribution in [0.25, 0.3) is 0 Å². The van der Waals surface area contributed by atoms with Crippen LogP contribution in [0.5, 0.6) is 0 Å². The Morgan fingerprint density at radius 3 is 2.00 bits per heavy atom. The van der Waals surface area contributed by atoms with E-state index >= 15 is 0 Å². The summed E-state index contributed by atoms with van der Waals surface area (Å²) in [7, 11) is 0. The molecule has 0 saturated carbocycles. The second-order valence-corrected chi connectivity index (χ2v) is 5.33. The Morgan fingerprint density at radius 1 is 1.12 bits per heavy atom. The number of amides is 2. The Morgan fingerprint density at radius 2 is 1.62 bits per heavy atom. The minimum Gasteiger partial charge on any atom is -0.352 e. The first-order chi connectivity index (χ1) is 7.11. The van der Waals surface area contributed by atoms with E-state index in [-0.39, 0.29) is 17.4 Å². The topological polar surface area (TPSA) is 58.2 Å². The zero-order valence-electron chi connectivity index (χ0n) is 10.8. The number of carbonyl (C=O) groups is 2. The normalized spacial score (nSPS) is 11.8. The predicted octanol–water partition coefficient (Wildman–Crippen LogP) is 1.23. The van der Waals surface area contributed by atoms with Gasteiger partial charge in [0.2, 0.25) is 11.8 Å². The molecule has 4 heteroatoms. The Kier molecular flexibility index (Phi) is 4.72. The van der Waals surface area contributed by atoms with Gasteiger partial charge in [0.25, 0.3) is 0 Å². The minimum absolute atomic E-state index is 0.276. The van der Waals surface area contributed by atoms with Gasteiger partial charge in [-0.3, -0.25) is 9.59 Å². The van der Waals surface area contributed by atoms with E-state index in [0.717, 1.165) is 0 Å². The molecule has 2 N–H and O–H groups in total. The Hall–Kier alpha value is -1.32. The van der Waals surface area contributed by atoms with Gasteiger partial charge in [-0.15, -0.1) is 6.58 Å². The lowest BCUT2D eigenvalue weighted by atomic mass is 9.89. The third-order valence-electron chi connectivity index (χ3n) is 2.03. The highest BCUT2D eigenvalue weighted by molar-refractivity contribution is 6.04. The fourth-order valence-corrected chi connectivity index (χ4v) is 0.986. The maximum Gasteiger partial charge on any atom is 0.235 e. The van der Waals surface area contributed by atoms with Crippen molar-refractivity contribution in [1.82, 2.24) is 10.6 Å². The van der Waals surface area contributed by atoms with Crippen LogP contribution in [0, 0.1) is 5.41 Å². The lowest BCUT2D eigenvalue weighted by Crippen LogP contribution is -2.52. The molecule has 2 amide bonds. The van der Waals surface area contributed by atoms with Crippen molar-refractivity contribution < 1.29 is 9.59 Å². The standard InChI is InChI=1S/C12H22N2O2/c1-7-8-13-9(15)12(5,6)10(16)14-11(2,3)4/h7H,1,8H2,2-6H3,(H,13,15)(H,14,16). The van der Waals surface area contributed by atoms with E-state index in [4.69, 9.17) is 0 Å². The lowest BCUT2D eigenvalue weighted by molar-refractivity contribution is -0.142. The number of carbonyl (C=O) groups excluding carboxylic acids is 2. The van der Waals surface area contributed by atoms with Crippen LogP contribution < -0.4 is 10.6 Å². The molecule has 16 heavy (non-hydrogen) atoms. The van der Waals surface area contributed by atoms with Gasteiger partial charge in [0, 0.05) is 12.1 Å². The van der Waals surface area contributed by atoms with Gasteiger partial charge in [0.05, 0.1) is 0 Å². The van der Waals surface area contributed by atoms with Gasteiger partial charge in [-0.05, 0) is 34.6 Å². The third-order valence-corrected chi connectivity index (χ3v) is 2.03. The highest BCUT2D eigenvalue weighted by Gasteiger charge is 2.37. The molecule has 0 spiro atoms. The molecule has 0 saturated heterocycles. The molecule has 92 valence electrons. The maximum atomic E-state index is 11.9. The molecule has 0 aromatic carbocycles. The molecule has 0 bridgehead atoms. The van der Waals surface area contributed by atoms with Gasteiger partial charge in [0.1, 0.15) is 5.41 Å². The van der Waals surface area contributed by atoms with Crippen LogP contribution in [0.4, 0.5) is 0 Å². The van der Waals surface area contributed by atoms with Crippen LogP contribution in [-0.4, -0.2) is 23.9 Å². The molecule has 0 aliphatic heterocycles. The number of nitrogens with one attached hydrogen (secondary N) is 2. The summed E-state index contributed by atoms with van der Waals surface area (Å²) >= 11 is 0. The fraction of sp³-hybridized carbons (Fsp3) is 0.667. The van der Waals surface area contributed by atoms with Crippen molar-refractivity contribution in [3.63, 3.8) is 0 Å².